The zero-order chi connectivity index (χ0) is 18.8. The van der Waals surface area contributed by atoms with Gasteiger partial charge in [-0.3, -0.25) is 0 Å². The number of nitrogens with zero attached hydrogens (tertiary/aromatic N) is 3. The summed E-state index contributed by atoms with van der Waals surface area (Å²) in [6.07, 6.45) is 5.96. The lowest BCUT2D eigenvalue weighted by atomic mass is 9.95. The van der Waals surface area contributed by atoms with Gasteiger partial charge in [0.25, 0.3) is 0 Å². The third-order valence-corrected chi connectivity index (χ3v) is 5.24. The van der Waals surface area contributed by atoms with E-state index in [2.05, 4.69) is 15.2 Å². The van der Waals surface area contributed by atoms with E-state index in [4.69, 9.17) is 4.98 Å². The highest BCUT2D eigenvalue weighted by atomic mass is 19.1. The number of rotatable bonds is 4. The number of para-hydroxylation sites is 1. The van der Waals surface area contributed by atoms with Crippen molar-refractivity contribution in [2.75, 3.05) is 17.3 Å². The monoisotopic (exact) mass is 366 g/mol. The molecule has 0 atom stereocenters. The summed E-state index contributed by atoms with van der Waals surface area (Å²) in [5, 5.41) is 14.3. The number of aromatic nitrogens is 2. The Balaban J connectivity index is 1.76. The smallest absolute Gasteiger partial charge is 0.228 e. The fraction of sp³-hybridized carbons (Fsp3) is 0.333. The van der Waals surface area contributed by atoms with Crippen LogP contribution in [0.5, 0.6) is 5.75 Å². The van der Waals surface area contributed by atoms with Gasteiger partial charge in [0.1, 0.15) is 22.9 Å². The molecule has 0 bridgehead atoms. The van der Waals surface area contributed by atoms with Crippen molar-refractivity contribution in [2.45, 2.75) is 38.1 Å². The van der Waals surface area contributed by atoms with E-state index in [1.165, 1.54) is 31.4 Å². The van der Waals surface area contributed by atoms with Gasteiger partial charge >= 0.3 is 0 Å². The van der Waals surface area contributed by atoms with Gasteiger partial charge in [0.05, 0.1) is 0 Å². The minimum atomic E-state index is -0.288. The standard InChI is InChI=1S/C21H23FN4O/c1-26(16-6-3-2-4-7-16)21-24-19-17(8-5-9-18(19)27)20(25-21)23-15-12-10-14(22)11-13-15/h5,8-13,16,27H,2-4,6-7H2,1H3,(H,23,24,25). The average molecular weight is 366 g/mol. The van der Waals surface area contributed by atoms with Crippen molar-refractivity contribution in [1.29, 1.82) is 0 Å². The number of phenols is 1. The van der Waals surface area contributed by atoms with E-state index in [9.17, 15) is 9.50 Å². The number of aromatic hydroxyl groups is 1. The Morgan fingerprint density at radius 2 is 1.78 bits per heavy atom. The Morgan fingerprint density at radius 3 is 2.52 bits per heavy atom. The zero-order valence-corrected chi connectivity index (χ0v) is 15.3. The second-order valence-corrected chi connectivity index (χ2v) is 7.08. The molecule has 27 heavy (non-hydrogen) atoms. The molecule has 2 aromatic carbocycles. The highest BCUT2D eigenvalue weighted by Gasteiger charge is 2.22. The van der Waals surface area contributed by atoms with Crippen molar-refractivity contribution in [3.8, 4) is 5.75 Å². The summed E-state index contributed by atoms with van der Waals surface area (Å²) in [6, 6.07) is 11.8. The van der Waals surface area contributed by atoms with Crippen LogP contribution in [0.15, 0.2) is 42.5 Å². The lowest BCUT2D eigenvalue weighted by molar-refractivity contribution is 0.424. The summed E-state index contributed by atoms with van der Waals surface area (Å²) in [6.45, 7) is 0. The Hall–Kier alpha value is -2.89. The van der Waals surface area contributed by atoms with Gasteiger partial charge in [0.15, 0.2) is 0 Å². The number of fused-ring (bicyclic) bond motifs is 1. The van der Waals surface area contributed by atoms with Crippen molar-refractivity contribution < 1.29 is 9.50 Å². The molecule has 0 amide bonds. The molecule has 3 aromatic rings. The molecule has 0 spiro atoms. The molecule has 2 N–H and O–H groups in total. The molecule has 1 aliphatic rings. The van der Waals surface area contributed by atoms with Crippen LogP contribution in [0.4, 0.5) is 21.8 Å². The van der Waals surface area contributed by atoms with Crippen LogP contribution in [0.3, 0.4) is 0 Å². The molecule has 140 valence electrons. The van der Waals surface area contributed by atoms with E-state index < -0.39 is 0 Å². The van der Waals surface area contributed by atoms with Gasteiger partial charge in [-0.2, -0.15) is 4.98 Å². The molecule has 0 saturated heterocycles. The summed E-state index contributed by atoms with van der Waals surface area (Å²) in [5.74, 6) is 1.01. The molecule has 6 heteroatoms. The van der Waals surface area contributed by atoms with Crippen molar-refractivity contribution in [3.05, 3.63) is 48.3 Å². The summed E-state index contributed by atoms with van der Waals surface area (Å²) in [7, 11) is 2.01. The van der Waals surface area contributed by atoms with E-state index >= 15 is 0 Å². The van der Waals surface area contributed by atoms with Crippen molar-refractivity contribution >= 4 is 28.4 Å². The Labute approximate surface area is 157 Å². The fourth-order valence-electron chi connectivity index (χ4n) is 3.68. The first-order valence-electron chi connectivity index (χ1n) is 9.37. The van der Waals surface area contributed by atoms with Crippen molar-refractivity contribution in [1.82, 2.24) is 9.97 Å². The quantitative estimate of drug-likeness (QED) is 0.681. The second-order valence-electron chi connectivity index (χ2n) is 7.08. The number of nitrogens with one attached hydrogen (secondary N) is 1. The Kier molecular flexibility index (Phi) is 4.79. The summed E-state index contributed by atoms with van der Waals surface area (Å²) in [5.41, 5.74) is 1.24. The first kappa shape index (κ1) is 17.5. The van der Waals surface area contributed by atoms with E-state index in [0.717, 1.165) is 23.9 Å². The number of hydrogen-bond donors (Lipinski definition) is 2. The van der Waals surface area contributed by atoms with Crippen LogP contribution in [0.1, 0.15) is 32.1 Å². The maximum atomic E-state index is 13.2. The van der Waals surface area contributed by atoms with Crippen molar-refractivity contribution in [2.24, 2.45) is 0 Å². The maximum Gasteiger partial charge on any atom is 0.228 e. The van der Waals surface area contributed by atoms with Crippen LogP contribution in [-0.2, 0) is 0 Å². The predicted molar refractivity (Wildman–Crippen MR) is 106 cm³/mol. The topological polar surface area (TPSA) is 61.3 Å². The number of hydrogen-bond acceptors (Lipinski definition) is 5. The molecular weight excluding hydrogens is 343 g/mol. The van der Waals surface area contributed by atoms with E-state index in [-0.39, 0.29) is 11.6 Å². The number of phenolic OH excluding ortho intramolecular Hbond substituents is 1. The van der Waals surface area contributed by atoms with Crippen LogP contribution >= 0.6 is 0 Å². The lowest BCUT2D eigenvalue weighted by Gasteiger charge is -2.31. The summed E-state index contributed by atoms with van der Waals surface area (Å²) < 4.78 is 13.2. The number of anilines is 3. The van der Waals surface area contributed by atoms with Gasteiger partial charge in [0, 0.05) is 24.2 Å². The third-order valence-electron chi connectivity index (χ3n) is 5.24. The molecule has 1 fully saturated rings. The summed E-state index contributed by atoms with van der Waals surface area (Å²) >= 11 is 0. The van der Waals surface area contributed by atoms with E-state index in [0.29, 0.717) is 23.3 Å². The Morgan fingerprint density at radius 1 is 1.04 bits per heavy atom. The third kappa shape index (κ3) is 3.65. The first-order chi connectivity index (χ1) is 13.1. The fourth-order valence-corrected chi connectivity index (χ4v) is 3.68. The van der Waals surface area contributed by atoms with Crippen LogP contribution in [0.2, 0.25) is 0 Å². The van der Waals surface area contributed by atoms with Gasteiger partial charge in [-0.25, -0.2) is 9.37 Å². The maximum absolute atomic E-state index is 13.2. The normalized spacial score (nSPS) is 15.0. The zero-order valence-electron chi connectivity index (χ0n) is 15.3. The number of halogens is 1. The minimum absolute atomic E-state index is 0.121. The highest BCUT2D eigenvalue weighted by molar-refractivity contribution is 5.95. The van der Waals surface area contributed by atoms with Crippen LogP contribution in [-0.4, -0.2) is 28.2 Å². The SMILES string of the molecule is CN(c1nc(Nc2ccc(F)cc2)c2cccc(O)c2n1)C1CCCCC1. The van der Waals surface area contributed by atoms with Gasteiger partial charge in [-0.1, -0.05) is 25.3 Å². The largest absolute Gasteiger partial charge is 0.506 e. The molecule has 1 aromatic heterocycles. The molecule has 1 heterocycles. The van der Waals surface area contributed by atoms with Crippen LogP contribution in [0.25, 0.3) is 10.9 Å². The number of benzene rings is 2. The average Bonchev–Trinajstić information content (AvgIpc) is 2.70. The van der Waals surface area contributed by atoms with Gasteiger partial charge in [-0.05, 0) is 49.2 Å². The minimum Gasteiger partial charge on any atom is -0.506 e. The van der Waals surface area contributed by atoms with E-state index in [1.54, 1.807) is 24.3 Å². The summed E-state index contributed by atoms with van der Waals surface area (Å²) in [4.78, 5) is 11.5. The van der Waals surface area contributed by atoms with Gasteiger partial charge in [0.2, 0.25) is 5.95 Å². The lowest BCUT2D eigenvalue weighted by Crippen LogP contribution is -2.34. The van der Waals surface area contributed by atoms with E-state index in [1.807, 2.05) is 13.1 Å². The first-order valence-corrected chi connectivity index (χ1v) is 9.37. The second kappa shape index (κ2) is 7.39. The van der Waals surface area contributed by atoms with Crippen LogP contribution in [0, 0.1) is 5.82 Å². The molecule has 5 nitrogen and oxygen atoms in total. The highest BCUT2D eigenvalue weighted by Crippen LogP contribution is 2.32. The predicted octanol–water partition coefficient (Wildman–Crippen LogP) is 4.99. The molecule has 0 unspecified atom stereocenters. The Bertz CT molecular complexity index is 939. The van der Waals surface area contributed by atoms with Gasteiger partial charge < -0.3 is 15.3 Å². The van der Waals surface area contributed by atoms with Crippen LogP contribution < -0.4 is 10.2 Å². The molecule has 0 radical (unpaired) electrons. The molecule has 0 aliphatic heterocycles. The van der Waals surface area contributed by atoms with Gasteiger partial charge in [-0.15, -0.1) is 0 Å². The van der Waals surface area contributed by atoms with Crippen molar-refractivity contribution in [3.63, 3.8) is 0 Å². The molecular formula is C21H23FN4O. The molecule has 4 rings (SSSR count). The molecule has 1 saturated carbocycles. The molecule has 1 aliphatic carbocycles.